The third-order valence-electron chi connectivity index (χ3n) is 6.56. The van der Waals surface area contributed by atoms with E-state index in [9.17, 15) is 24.0 Å². The summed E-state index contributed by atoms with van der Waals surface area (Å²) >= 11 is 0. The summed E-state index contributed by atoms with van der Waals surface area (Å²) in [5, 5.41) is 7.84. The lowest BCUT2D eigenvalue weighted by atomic mass is 9.94. The lowest BCUT2D eigenvalue weighted by molar-refractivity contribution is -0.139. The summed E-state index contributed by atoms with van der Waals surface area (Å²) < 4.78 is 5.79. The molecule has 208 valence electrons. The molecule has 1 saturated heterocycles. The summed E-state index contributed by atoms with van der Waals surface area (Å²) in [4.78, 5) is 62.5. The third-order valence-corrected chi connectivity index (χ3v) is 6.56. The molecule has 1 fully saturated rings. The van der Waals surface area contributed by atoms with Crippen LogP contribution < -0.4 is 21.7 Å². The second-order valence-corrected chi connectivity index (χ2v) is 10.1. The van der Waals surface area contributed by atoms with Gasteiger partial charge in [0.05, 0.1) is 6.04 Å². The number of ether oxygens (including phenoxy) is 1. The largest absolute Gasteiger partial charge is 0.441 e. The number of benzene rings is 2. The van der Waals surface area contributed by atoms with Crippen molar-refractivity contribution < 1.29 is 28.7 Å². The van der Waals surface area contributed by atoms with Crippen molar-refractivity contribution in [3.8, 4) is 0 Å². The molecule has 1 heterocycles. The summed E-state index contributed by atoms with van der Waals surface area (Å²) in [6.07, 6.45) is -0.324. The Morgan fingerprint density at radius 2 is 1.62 bits per heavy atom. The lowest BCUT2D eigenvalue weighted by Gasteiger charge is -2.25. The average Bonchev–Trinajstić information content (AvgIpc) is 3.31. The molecule has 0 bridgehead atoms. The maximum atomic E-state index is 13.3. The summed E-state index contributed by atoms with van der Waals surface area (Å²) in [6, 6.07) is 16.5. The molecular formula is C29H36N4O6. The molecule has 1 aliphatic rings. The van der Waals surface area contributed by atoms with Crippen LogP contribution in [-0.2, 0) is 30.3 Å². The molecule has 10 heteroatoms. The van der Waals surface area contributed by atoms with E-state index in [0.29, 0.717) is 19.4 Å². The summed E-state index contributed by atoms with van der Waals surface area (Å²) in [5.74, 6) is -3.67. The number of hydrogen-bond donors (Lipinski definition) is 4. The van der Waals surface area contributed by atoms with Crippen molar-refractivity contribution in [2.75, 3.05) is 6.54 Å². The molecular weight excluding hydrogens is 500 g/mol. The zero-order chi connectivity index (χ0) is 28.4. The monoisotopic (exact) mass is 536 g/mol. The Hall–Kier alpha value is -4.21. The van der Waals surface area contributed by atoms with Gasteiger partial charge in [0, 0.05) is 18.9 Å². The highest BCUT2D eigenvalue weighted by atomic mass is 16.6. The molecule has 0 saturated carbocycles. The number of amides is 4. The molecule has 0 spiro atoms. The number of nitrogens with two attached hydrogens (primary N) is 1. The van der Waals surface area contributed by atoms with Crippen molar-refractivity contribution in [1.29, 1.82) is 0 Å². The fourth-order valence-corrected chi connectivity index (χ4v) is 4.56. The number of primary amides is 1. The number of nitrogens with one attached hydrogen (secondary N) is 3. The average molecular weight is 537 g/mol. The number of hydrogen-bond acceptors (Lipinski definition) is 6. The smallest absolute Gasteiger partial charge is 0.408 e. The fraction of sp³-hybridized carbons (Fsp3) is 0.414. The molecule has 4 amide bonds. The van der Waals surface area contributed by atoms with Crippen LogP contribution in [0.1, 0.15) is 50.3 Å². The first kappa shape index (κ1) is 29.3. The molecule has 4 atom stereocenters. The van der Waals surface area contributed by atoms with Crippen molar-refractivity contribution in [2.24, 2.45) is 17.6 Å². The standard InChI is InChI=1S/C29H36N4O6/c1-18(2)15-23(28(37)32-22(25(34)26(30)35)17-21-13-14-31-27(21)36)33-29(38)39-24(20-11-7-4-8-12-20)16-19-9-5-3-6-10-19/h3-12,18,21-24H,13-17H2,1-2H3,(H2,30,35)(H,31,36)(H,32,37)(H,33,38)/t21-,22-,23-,24?/m0/s1. The molecule has 5 N–H and O–H groups in total. The van der Waals surface area contributed by atoms with Crippen LogP contribution in [-0.4, -0.2) is 48.2 Å². The molecule has 10 nitrogen and oxygen atoms in total. The van der Waals surface area contributed by atoms with Crippen LogP contribution in [0.3, 0.4) is 0 Å². The molecule has 3 rings (SSSR count). The van der Waals surface area contributed by atoms with Gasteiger partial charge in [0.25, 0.3) is 5.91 Å². The Balaban J connectivity index is 1.73. The summed E-state index contributed by atoms with van der Waals surface area (Å²) in [6.45, 7) is 4.21. The SMILES string of the molecule is CC(C)C[C@H](NC(=O)OC(Cc1ccccc1)c1ccccc1)C(=O)N[C@@H](C[C@@H]1CCNC1=O)C(=O)C(N)=O. The Morgan fingerprint density at radius 3 is 2.18 bits per heavy atom. The molecule has 39 heavy (non-hydrogen) atoms. The van der Waals surface area contributed by atoms with E-state index < -0.39 is 47.8 Å². The van der Waals surface area contributed by atoms with Crippen LogP contribution in [0.25, 0.3) is 0 Å². The molecule has 2 aromatic carbocycles. The molecule has 0 aromatic heterocycles. The fourth-order valence-electron chi connectivity index (χ4n) is 4.56. The van der Waals surface area contributed by atoms with E-state index in [2.05, 4.69) is 16.0 Å². The van der Waals surface area contributed by atoms with E-state index in [1.165, 1.54) is 0 Å². The molecule has 1 unspecified atom stereocenters. The number of ketones is 1. The van der Waals surface area contributed by atoms with E-state index in [1.807, 2.05) is 74.5 Å². The zero-order valence-corrected chi connectivity index (χ0v) is 22.2. The van der Waals surface area contributed by atoms with Crippen molar-refractivity contribution in [1.82, 2.24) is 16.0 Å². The number of alkyl carbamates (subject to hydrolysis) is 1. The number of carbonyl (C=O) groups is 5. The molecule has 0 radical (unpaired) electrons. The van der Waals surface area contributed by atoms with E-state index in [1.54, 1.807) is 0 Å². The lowest BCUT2D eigenvalue weighted by Crippen LogP contribution is -2.54. The van der Waals surface area contributed by atoms with E-state index in [4.69, 9.17) is 10.5 Å². The summed E-state index contributed by atoms with van der Waals surface area (Å²) in [5.41, 5.74) is 6.97. The first-order valence-electron chi connectivity index (χ1n) is 13.1. The van der Waals surface area contributed by atoms with E-state index >= 15 is 0 Å². The third kappa shape index (κ3) is 8.94. The van der Waals surface area contributed by atoms with Gasteiger partial charge in [-0.25, -0.2) is 4.79 Å². The minimum absolute atomic E-state index is 0.00110. The Bertz CT molecular complexity index is 1150. The minimum atomic E-state index is -1.29. The quantitative estimate of drug-likeness (QED) is 0.288. The van der Waals surface area contributed by atoms with Gasteiger partial charge in [0.15, 0.2) is 0 Å². The van der Waals surface area contributed by atoms with Gasteiger partial charge in [0.1, 0.15) is 12.1 Å². The maximum absolute atomic E-state index is 13.3. The first-order valence-corrected chi connectivity index (χ1v) is 13.1. The highest BCUT2D eigenvalue weighted by Gasteiger charge is 2.35. The second-order valence-electron chi connectivity index (χ2n) is 10.1. The van der Waals surface area contributed by atoms with Gasteiger partial charge in [-0.2, -0.15) is 0 Å². The Kier molecular flexibility index (Phi) is 10.6. The first-order chi connectivity index (χ1) is 18.6. The molecule has 1 aliphatic heterocycles. The van der Waals surface area contributed by atoms with Gasteiger partial charge in [0.2, 0.25) is 17.6 Å². The van der Waals surface area contributed by atoms with Crippen LogP contribution in [0.15, 0.2) is 60.7 Å². The van der Waals surface area contributed by atoms with E-state index in [-0.39, 0.29) is 24.7 Å². The van der Waals surface area contributed by atoms with Crippen LogP contribution in [0.2, 0.25) is 0 Å². The van der Waals surface area contributed by atoms with Crippen molar-refractivity contribution in [2.45, 2.75) is 57.7 Å². The number of Topliss-reactive ketones (excluding diaryl/α,β-unsaturated/α-hetero) is 1. The van der Waals surface area contributed by atoms with Crippen LogP contribution in [0.5, 0.6) is 0 Å². The van der Waals surface area contributed by atoms with Crippen molar-refractivity contribution in [3.05, 3.63) is 71.8 Å². The second kappa shape index (κ2) is 14.1. The predicted octanol–water partition coefficient (Wildman–Crippen LogP) is 2.18. The van der Waals surface area contributed by atoms with Gasteiger partial charge in [-0.1, -0.05) is 74.5 Å². The number of carbonyl (C=O) groups excluding carboxylic acids is 5. The van der Waals surface area contributed by atoms with Crippen molar-refractivity contribution >= 4 is 29.6 Å². The van der Waals surface area contributed by atoms with Crippen LogP contribution in [0.4, 0.5) is 4.79 Å². The van der Waals surface area contributed by atoms with E-state index in [0.717, 1.165) is 11.1 Å². The van der Waals surface area contributed by atoms with Gasteiger partial charge >= 0.3 is 6.09 Å². The highest BCUT2D eigenvalue weighted by Crippen LogP contribution is 2.23. The highest BCUT2D eigenvalue weighted by molar-refractivity contribution is 6.37. The maximum Gasteiger partial charge on any atom is 0.408 e. The minimum Gasteiger partial charge on any atom is -0.441 e. The van der Waals surface area contributed by atoms with Gasteiger partial charge < -0.3 is 26.4 Å². The zero-order valence-electron chi connectivity index (χ0n) is 22.2. The Morgan fingerprint density at radius 1 is 0.974 bits per heavy atom. The topological polar surface area (TPSA) is 157 Å². The van der Waals surface area contributed by atoms with Crippen LogP contribution >= 0.6 is 0 Å². The summed E-state index contributed by atoms with van der Waals surface area (Å²) in [7, 11) is 0. The molecule has 0 aliphatic carbocycles. The Labute approximate surface area is 228 Å². The predicted molar refractivity (Wildman–Crippen MR) is 144 cm³/mol. The van der Waals surface area contributed by atoms with Gasteiger partial charge in [-0.05, 0) is 36.3 Å². The van der Waals surface area contributed by atoms with Gasteiger partial charge in [-0.15, -0.1) is 0 Å². The van der Waals surface area contributed by atoms with Gasteiger partial charge in [-0.3, -0.25) is 19.2 Å². The number of rotatable bonds is 13. The normalized spacial score (nSPS) is 17.0. The molecule has 2 aromatic rings. The van der Waals surface area contributed by atoms with Crippen molar-refractivity contribution in [3.63, 3.8) is 0 Å². The van der Waals surface area contributed by atoms with Crippen LogP contribution in [0, 0.1) is 11.8 Å².